The van der Waals surface area contributed by atoms with Crippen molar-refractivity contribution in [3.05, 3.63) is 29.8 Å². The third-order valence-corrected chi connectivity index (χ3v) is 4.68. The number of anilines is 1. The minimum atomic E-state index is 0. The molecule has 0 atom stereocenters. The number of guanidine groups is 1. The molecule has 0 radical (unpaired) electrons. The Labute approximate surface area is 161 Å². The van der Waals surface area contributed by atoms with Crippen LogP contribution in [0.2, 0.25) is 0 Å². The van der Waals surface area contributed by atoms with Gasteiger partial charge in [0.25, 0.3) is 0 Å². The van der Waals surface area contributed by atoms with Crippen molar-refractivity contribution in [1.82, 2.24) is 4.90 Å². The number of likely N-dealkylation sites (tertiary alicyclic amines) is 1. The van der Waals surface area contributed by atoms with Gasteiger partial charge in [0.2, 0.25) is 5.91 Å². The molecule has 0 unspecified atom stereocenters. The number of nitrogens with two attached hydrogens (primary N) is 1. The summed E-state index contributed by atoms with van der Waals surface area (Å²) in [6, 6.07) is 8.10. The number of aliphatic imine (C=N–C) groups is 1. The molecule has 2 N–H and O–H groups in total. The quantitative estimate of drug-likeness (QED) is 0.445. The number of hydrogen-bond acceptors (Lipinski definition) is 2. The summed E-state index contributed by atoms with van der Waals surface area (Å²) in [4.78, 5) is 20.4. The van der Waals surface area contributed by atoms with Crippen LogP contribution in [0.15, 0.2) is 29.3 Å². The lowest BCUT2D eigenvalue weighted by Gasteiger charge is -2.21. The van der Waals surface area contributed by atoms with Gasteiger partial charge in [0.15, 0.2) is 5.96 Å². The molecule has 132 valence electrons. The average Bonchev–Trinajstić information content (AvgIpc) is 2.84. The van der Waals surface area contributed by atoms with Gasteiger partial charge in [-0.05, 0) is 37.0 Å². The largest absolute Gasteiger partial charge is 0.370 e. The fourth-order valence-corrected chi connectivity index (χ4v) is 3.27. The van der Waals surface area contributed by atoms with E-state index in [0.717, 1.165) is 37.3 Å². The third kappa shape index (κ3) is 4.84. The summed E-state index contributed by atoms with van der Waals surface area (Å²) >= 11 is 0. The topological polar surface area (TPSA) is 61.9 Å². The van der Waals surface area contributed by atoms with Crippen LogP contribution >= 0.6 is 24.0 Å². The van der Waals surface area contributed by atoms with E-state index < -0.39 is 0 Å². The second kappa shape index (κ2) is 9.25. The normalized spacial score (nSPS) is 19.2. The summed E-state index contributed by atoms with van der Waals surface area (Å²) in [5.41, 5.74) is 8.25. The number of nitrogens with zero attached hydrogens (tertiary/aromatic N) is 3. The van der Waals surface area contributed by atoms with E-state index in [1.165, 1.54) is 25.7 Å². The molecule has 2 aliphatic rings. The highest BCUT2D eigenvalue weighted by Gasteiger charge is 2.21. The zero-order valence-electron chi connectivity index (χ0n) is 14.1. The second-order valence-corrected chi connectivity index (χ2v) is 6.39. The van der Waals surface area contributed by atoms with Gasteiger partial charge in [0.1, 0.15) is 0 Å². The molecule has 1 aromatic carbocycles. The lowest BCUT2D eigenvalue weighted by atomic mass is 10.2. The number of carbonyl (C=O) groups excluding carboxylic acids is 1. The van der Waals surface area contributed by atoms with E-state index in [2.05, 4.69) is 9.89 Å². The SMILES string of the molecule is I.NC(=NCc1ccc(N2CCCC2=O)cc1)N1CCCCCC1. The molecule has 0 aliphatic carbocycles. The van der Waals surface area contributed by atoms with E-state index in [0.29, 0.717) is 18.9 Å². The highest BCUT2D eigenvalue weighted by atomic mass is 127. The Morgan fingerprint density at radius 1 is 1.00 bits per heavy atom. The fourth-order valence-electron chi connectivity index (χ4n) is 3.27. The number of amides is 1. The van der Waals surface area contributed by atoms with Crippen LogP contribution in [0.3, 0.4) is 0 Å². The Balaban J connectivity index is 0.00000208. The predicted molar refractivity (Wildman–Crippen MR) is 109 cm³/mol. The standard InChI is InChI=1S/C18H26N4O.HI/c19-18(21-11-3-1-2-4-12-21)20-14-15-7-9-16(10-8-15)22-13-5-6-17(22)23;/h7-10H,1-6,11-14H2,(H2,19,20);1H. The zero-order chi connectivity index (χ0) is 16.1. The molecular weight excluding hydrogens is 415 g/mol. The highest BCUT2D eigenvalue weighted by Crippen LogP contribution is 2.21. The smallest absolute Gasteiger partial charge is 0.227 e. The molecule has 0 bridgehead atoms. The Hall–Kier alpha value is -1.31. The van der Waals surface area contributed by atoms with E-state index in [1.807, 2.05) is 29.2 Å². The fraction of sp³-hybridized carbons (Fsp3) is 0.556. The molecule has 1 aromatic rings. The predicted octanol–water partition coefficient (Wildman–Crippen LogP) is 3.12. The minimum absolute atomic E-state index is 0. The number of halogens is 1. The van der Waals surface area contributed by atoms with Gasteiger partial charge in [0, 0.05) is 31.7 Å². The molecular formula is C18H27IN4O. The summed E-state index contributed by atoms with van der Waals surface area (Å²) in [5, 5.41) is 0. The van der Waals surface area contributed by atoms with Crippen molar-refractivity contribution in [2.75, 3.05) is 24.5 Å². The summed E-state index contributed by atoms with van der Waals surface area (Å²) < 4.78 is 0. The zero-order valence-corrected chi connectivity index (χ0v) is 16.4. The van der Waals surface area contributed by atoms with E-state index >= 15 is 0 Å². The van der Waals surface area contributed by atoms with Crippen LogP contribution in [-0.4, -0.2) is 36.4 Å². The highest BCUT2D eigenvalue weighted by molar-refractivity contribution is 14.0. The first-order valence-electron chi connectivity index (χ1n) is 8.68. The van der Waals surface area contributed by atoms with Crippen LogP contribution in [0.5, 0.6) is 0 Å². The van der Waals surface area contributed by atoms with Crippen molar-refractivity contribution in [3.8, 4) is 0 Å². The molecule has 2 aliphatic heterocycles. The van der Waals surface area contributed by atoms with E-state index in [1.54, 1.807) is 0 Å². The first-order valence-corrected chi connectivity index (χ1v) is 8.68. The maximum absolute atomic E-state index is 11.8. The summed E-state index contributed by atoms with van der Waals surface area (Å²) in [6.07, 6.45) is 6.61. The minimum Gasteiger partial charge on any atom is -0.370 e. The van der Waals surface area contributed by atoms with Gasteiger partial charge in [-0.25, -0.2) is 4.99 Å². The number of hydrogen-bond donors (Lipinski definition) is 1. The number of benzene rings is 1. The van der Waals surface area contributed by atoms with Gasteiger partial charge in [-0.3, -0.25) is 4.79 Å². The molecule has 5 nitrogen and oxygen atoms in total. The molecule has 2 heterocycles. The maximum atomic E-state index is 11.8. The van der Waals surface area contributed by atoms with Crippen molar-refractivity contribution in [2.24, 2.45) is 10.7 Å². The molecule has 6 heteroatoms. The molecule has 1 amide bonds. The Kier molecular flexibility index (Phi) is 7.33. The van der Waals surface area contributed by atoms with E-state index in [9.17, 15) is 4.79 Å². The monoisotopic (exact) mass is 442 g/mol. The molecule has 2 saturated heterocycles. The molecule has 3 rings (SSSR count). The molecule has 24 heavy (non-hydrogen) atoms. The van der Waals surface area contributed by atoms with Crippen LogP contribution < -0.4 is 10.6 Å². The second-order valence-electron chi connectivity index (χ2n) is 6.39. The van der Waals surface area contributed by atoms with Gasteiger partial charge in [-0.15, -0.1) is 24.0 Å². The van der Waals surface area contributed by atoms with Crippen LogP contribution in [0.1, 0.15) is 44.1 Å². The van der Waals surface area contributed by atoms with Crippen molar-refractivity contribution < 1.29 is 4.79 Å². The van der Waals surface area contributed by atoms with Crippen molar-refractivity contribution in [2.45, 2.75) is 45.1 Å². The lowest BCUT2D eigenvalue weighted by Crippen LogP contribution is -2.38. The van der Waals surface area contributed by atoms with Gasteiger partial charge in [-0.1, -0.05) is 25.0 Å². The van der Waals surface area contributed by atoms with Crippen LogP contribution in [0.25, 0.3) is 0 Å². The molecule has 0 aromatic heterocycles. The van der Waals surface area contributed by atoms with Crippen molar-refractivity contribution in [1.29, 1.82) is 0 Å². The van der Waals surface area contributed by atoms with E-state index in [-0.39, 0.29) is 29.9 Å². The summed E-state index contributed by atoms with van der Waals surface area (Å²) in [7, 11) is 0. The molecule has 0 spiro atoms. The Bertz CT molecular complexity index is 565. The van der Waals surface area contributed by atoms with Gasteiger partial charge in [-0.2, -0.15) is 0 Å². The van der Waals surface area contributed by atoms with Gasteiger partial charge < -0.3 is 15.5 Å². The number of carbonyl (C=O) groups is 1. The van der Waals surface area contributed by atoms with Crippen LogP contribution in [0.4, 0.5) is 5.69 Å². The van der Waals surface area contributed by atoms with Crippen LogP contribution in [0, 0.1) is 0 Å². The Morgan fingerprint density at radius 2 is 1.67 bits per heavy atom. The average molecular weight is 442 g/mol. The van der Waals surface area contributed by atoms with Crippen molar-refractivity contribution >= 4 is 41.5 Å². The Morgan fingerprint density at radius 3 is 2.25 bits per heavy atom. The van der Waals surface area contributed by atoms with Gasteiger partial charge in [0.05, 0.1) is 6.54 Å². The summed E-state index contributed by atoms with van der Waals surface area (Å²) in [6.45, 7) is 3.46. The molecule has 0 saturated carbocycles. The first-order chi connectivity index (χ1) is 11.2. The first kappa shape index (κ1) is 19.0. The molecule has 2 fully saturated rings. The lowest BCUT2D eigenvalue weighted by molar-refractivity contribution is -0.117. The maximum Gasteiger partial charge on any atom is 0.227 e. The van der Waals surface area contributed by atoms with Crippen LogP contribution in [-0.2, 0) is 11.3 Å². The van der Waals surface area contributed by atoms with Crippen molar-refractivity contribution in [3.63, 3.8) is 0 Å². The summed E-state index contributed by atoms with van der Waals surface area (Å²) in [5.74, 6) is 0.881. The third-order valence-electron chi connectivity index (χ3n) is 4.68. The number of rotatable bonds is 3. The van der Waals surface area contributed by atoms with E-state index in [4.69, 9.17) is 5.73 Å². The van der Waals surface area contributed by atoms with Gasteiger partial charge >= 0.3 is 0 Å².